The molecule has 23 heavy (non-hydrogen) atoms. The highest BCUT2D eigenvalue weighted by atomic mass is 32.1. The maximum atomic E-state index is 12.3. The quantitative estimate of drug-likeness (QED) is 0.315. The second kappa shape index (κ2) is 10.1. The van der Waals surface area contributed by atoms with Crippen molar-refractivity contribution in [3.8, 4) is 0 Å². The number of carboxylic acids is 2. The maximum Gasteiger partial charge on any atom is 0.323 e. The summed E-state index contributed by atoms with van der Waals surface area (Å²) in [4.78, 5) is 46.6. The van der Waals surface area contributed by atoms with Gasteiger partial charge in [0, 0.05) is 18.2 Å². The average molecular weight is 349 g/mol. The third-order valence-corrected chi connectivity index (χ3v) is 3.39. The number of hydrogen-bond donors (Lipinski definition) is 5. The largest absolute Gasteiger partial charge is 0.480 e. The second-order valence-electron chi connectivity index (χ2n) is 5.24. The standard InChI is InChI=1S/C13H23N3O6S/c1-7(2)16(5-11(18)19)12(20)9(6-23)15-10(17)4-3-8(14)13(21)22/h7-9,23H,3-6,14H2,1-2H3,(H,15,17)(H,18,19)(H,21,22). The Bertz CT molecular complexity index is 457. The number of aliphatic carboxylic acids is 2. The first-order valence-electron chi connectivity index (χ1n) is 7.01. The Kier molecular flexibility index (Phi) is 9.27. The molecule has 2 amide bonds. The van der Waals surface area contributed by atoms with Crippen LogP contribution in [0.4, 0.5) is 0 Å². The Morgan fingerprint density at radius 2 is 1.78 bits per heavy atom. The lowest BCUT2D eigenvalue weighted by Crippen LogP contribution is -2.53. The number of hydrogen-bond acceptors (Lipinski definition) is 6. The van der Waals surface area contributed by atoms with Crippen LogP contribution in [0.1, 0.15) is 26.7 Å². The van der Waals surface area contributed by atoms with Crippen LogP contribution in [0.5, 0.6) is 0 Å². The minimum Gasteiger partial charge on any atom is -0.480 e. The van der Waals surface area contributed by atoms with Gasteiger partial charge in [0.25, 0.3) is 0 Å². The van der Waals surface area contributed by atoms with Crippen LogP contribution in [-0.2, 0) is 19.2 Å². The molecule has 0 rings (SSSR count). The Morgan fingerprint density at radius 1 is 1.22 bits per heavy atom. The normalized spacial score (nSPS) is 13.3. The van der Waals surface area contributed by atoms with Crippen LogP contribution in [0.15, 0.2) is 0 Å². The van der Waals surface area contributed by atoms with Crippen molar-refractivity contribution >= 4 is 36.4 Å². The molecule has 2 unspecified atom stereocenters. The third-order valence-electron chi connectivity index (χ3n) is 3.03. The van der Waals surface area contributed by atoms with Crippen LogP contribution in [0.25, 0.3) is 0 Å². The van der Waals surface area contributed by atoms with Crippen molar-refractivity contribution in [2.75, 3.05) is 12.3 Å². The number of rotatable bonds is 10. The maximum absolute atomic E-state index is 12.3. The summed E-state index contributed by atoms with van der Waals surface area (Å²) in [6.45, 7) is 2.83. The molecule has 0 saturated heterocycles. The van der Waals surface area contributed by atoms with Gasteiger partial charge in [-0.3, -0.25) is 19.2 Å². The van der Waals surface area contributed by atoms with E-state index in [1.807, 2.05) is 0 Å². The van der Waals surface area contributed by atoms with E-state index in [4.69, 9.17) is 15.9 Å². The summed E-state index contributed by atoms with van der Waals surface area (Å²) in [5.41, 5.74) is 5.30. The number of carbonyl (C=O) groups is 4. The molecule has 0 fully saturated rings. The Labute approximate surface area is 139 Å². The molecular weight excluding hydrogens is 326 g/mol. The number of carboxylic acid groups (broad SMARTS) is 2. The number of carbonyl (C=O) groups excluding carboxylic acids is 2. The van der Waals surface area contributed by atoms with E-state index in [2.05, 4.69) is 17.9 Å². The van der Waals surface area contributed by atoms with Gasteiger partial charge in [-0.1, -0.05) is 0 Å². The molecule has 0 aliphatic carbocycles. The summed E-state index contributed by atoms with van der Waals surface area (Å²) >= 11 is 4.00. The number of amides is 2. The van der Waals surface area contributed by atoms with Crippen LogP contribution in [0, 0.1) is 0 Å². The van der Waals surface area contributed by atoms with Crippen LogP contribution < -0.4 is 11.1 Å². The predicted molar refractivity (Wildman–Crippen MR) is 85.1 cm³/mol. The van der Waals surface area contributed by atoms with Gasteiger partial charge in [-0.25, -0.2) is 0 Å². The van der Waals surface area contributed by atoms with Gasteiger partial charge in [0.15, 0.2) is 0 Å². The van der Waals surface area contributed by atoms with E-state index >= 15 is 0 Å². The van der Waals surface area contributed by atoms with Crippen LogP contribution in [-0.4, -0.2) is 69.3 Å². The molecule has 0 spiro atoms. The van der Waals surface area contributed by atoms with Crippen molar-refractivity contribution in [3.63, 3.8) is 0 Å². The first kappa shape index (κ1) is 21.2. The molecule has 9 nitrogen and oxygen atoms in total. The van der Waals surface area contributed by atoms with Crippen LogP contribution in [0.3, 0.4) is 0 Å². The first-order chi connectivity index (χ1) is 10.6. The highest BCUT2D eigenvalue weighted by Gasteiger charge is 2.28. The average Bonchev–Trinajstić information content (AvgIpc) is 2.46. The van der Waals surface area contributed by atoms with Crippen molar-refractivity contribution < 1.29 is 29.4 Å². The van der Waals surface area contributed by atoms with Crippen molar-refractivity contribution in [2.45, 2.75) is 44.8 Å². The zero-order valence-electron chi connectivity index (χ0n) is 13.1. The molecule has 0 radical (unpaired) electrons. The monoisotopic (exact) mass is 349 g/mol. The molecule has 2 atom stereocenters. The van der Waals surface area contributed by atoms with Gasteiger partial charge in [-0.2, -0.15) is 12.6 Å². The highest BCUT2D eigenvalue weighted by Crippen LogP contribution is 2.05. The van der Waals surface area contributed by atoms with E-state index in [9.17, 15) is 19.2 Å². The SMILES string of the molecule is CC(C)N(CC(=O)O)C(=O)C(CS)NC(=O)CCC(N)C(=O)O. The molecular formula is C13H23N3O6S. The Morgan fingerprint density at radius 3 is 2.17 bits per heavy atom. The van der Waals surface area contributed by atoms with Crippen LogP contribution >= 0.6 is 12.6 Å². The smallest absolute Gasteiger partial charge is 0.323 e. The van der Waals surface area contributed by atoms with Gasteiger partial charge < -0.3 is 26.2 Å². The van der Waals surface area contributed by atoms with E-state index in [0.717, 1.165) is 4.90 Å². The lowest BCUT2D eigenvalue weighted by Gasteiger charge is -2.29. The number of nitrogens with two attached hydrogens (primary N) is 1. The van der Waals surface area contributed by atoms with E-state index in [-0.39, 0.29) is 24.6 Å². The van der Waals surface area contributed by atoms with Crippen molar-refractivity contribution in [3.05, 3.63) is 0 Å². The Balaban J connectivity index is 4.73. The summed E-state index contributed by atoms with van der Waals surface area (Å²) in [5, 5.41) is 19.9. The van der Waals surface area contributed by atoms with Gasteiger partial charge in [0.2, 0.25) is 11.8 Å². The summed E-state index contributed by atoms with van der Waals surface area (Å²) in [6.07, 6.45) is -0.233. The molecule has 132 valence electrons. The molecule has 0 aromatic rings. The molecule has 0 aliphatic heterocycles. The fraction of sp³-hybridized carbons (Fsp3) is 0.692. The molecule has 0 saturated carbocycles. The molecule has 0 aliphatic rings. The Hall–Kier alpha value is -1.81. The fourth-order valence-corrected chi connectivity index (χ4v) is 1.97. The molecule has 0 aromatic carbocycles. The van der Waals surface area contributed by atoms with Gasteiger partial charge in [-0.15, -0.1) is 0 Å². The molecule has 0 heterocycles. The fourth-order valence-electron chi connectivity index (χ4n) is 1.72. The van der Waals surface area contributed by atoms with Gasteiger partial charge in [0.05, 0.1) is 0 Å². The summed E-state index contributed by atoms with van der Waals surface area (Å²) in [6, 6.07) is -2.52. The number of thiol groups is 1. The summed E-state index contributed by atoms with van der Waals surface area (Å²) in [7, 11) is 0. The van der Waals surface area contributed by atoms with Crippen molar-refractivity contribution in [1.82, 2.24) is 10.2 Å². The number of nitrogens with zero attached hydrogens (tertiary/aromatic N) is 1. The topological polar surface area (TPSA) is 150 Å². The molecule has 10 heteroatoms. The third kappa shape index (κ3) is 7.84. The van der Waals surface area contributed by atoms with Gasteiger partial charge in [0.1, 0.15) is 18.6 Å². The zero-order valence-corrected chi connectivity index (χ0v) is 14.0. The summed E-state index contributed by atoms with van der Waals surface area (Å²) in [5.74, 6) is -3.50. The molecule has 0 aromatic heterocycles. The van der Waals surface area contributed by atoms with Crippen LogP contribution in [0.2, 0.25) is 0 Å². The van der Waals surface area contributed by atoms with E-state index < -0.39 is 42.4 Å². The minimum absolute atomic E-state index is 0.0155. The second-order valence-corrected chi connectivity index (χ2v) is 5.60. The van der Waals surface area contributed by atoms with Crippen molar-refractivity contribution in [2.24, 2.45) is 5.73 Å². The lowest BCUT2D eigenvalue weighted by molar-refractivity contribution is -0.147. The zero-order chi connectivity index (χ0) is 18.2. The minimum atomic E-state index is -1.22. The van der Waals surface area contributed by atoms with Gasteiger partial charge >= 0.3 is 11.9 Å². The van der Waals surface area contributed by atoms with E-state index in [0.29, 0.717) is 0 Å². The van der Waals surface area contributed by atoms with Crippen molar-refractivity contribution in [1.29, 1.82) is 0 Å². The number of nitrogens with one attached hydrogen (secondary N) is 1. The summed E-state index contributed by atoms with van der Waals surface area (Å²) < 4.78 is 0. The highest BCUT2D eigenvalue weighted by molar-refractivity contribution is 7.80. The lowest BCUT2D eigenvalue weighted by atomic mass is 10.1. The first-order valence-corrected chi connectivity index (χ1v) is 7.64. The van der Waals surface area contributed by atoms with E-state index in [1.165, 1.54) is 0 Å². The molecule has 5 N–H and O–H groups in total. The van der Waals surface area contributed by atoms with Gasteiger partial charge in [-0.05, 0) is 20.3 Å². The predicted octanol–water partition coefficient (Wildman–Crippen LogP) is -1.09. The van der Waals surface area contributed by atoms with E-state index in [1.54, 1.807) is 13.8 Å². The molecule has 0 bridgehead atoms.